The van der Waals surface area contributed by atoms with Crippen LogP contribution in [0.25, 0.3) is 0 Å². The van der Waals surface area contributed by atoms with Gasteiger partial charge in [0.25, 0.3) is 0 Å². The average Bonchev–Trinajstić information content (AvgIpc) is 2.64. The summed E-state index contributed by atoms with van der Waals surface area (Å²) < 4.78 is 1.05. The Bertz CT molecular complexity index is 753. The van der Waals surface area contributed by atoms with Gasteiger partial charge < -0.3 is 15.1 Å². The third kappa shape index (κ3) is 4.58. The molecule has 1 fully saturated rings. The summed E-state index contributed by atoms with van der Waals surface area (Å²) in [5.74, 6) is 0.0979. The Kier molecular flexibility index (Phi) is 5.71. The van der Waals surface area contributed by atoms with E-state index in [2.05, 4.69) is 31.0 Å². The molecule has 0 unspecified atom stereocenters. The lowest BCUT2D eigenvalue weighted by Gasteiger charge is -2.37. The molecule has 0 saturated carbocycles. The smallest absolute Gasteiger partial charge is 0.173 e. The fourth-order valence-electron chi connectivity index (χ4n) is 2.81. The van der Waals surface area contributed by atoms with Gasteiger partial charge >= 0.3 is 0 Å². The van der Waals surface area contributed by atoms with Crippen molar-refractivity contribution in [2.75, 3.05) is 36.4 Å². The molecule has 4 nitrogen and oxygen atoms in total. The minimum absolute atomic E-state index is 0.0979. The zero-order chi connectivity index (χ0) is 17.8. The Morgan fingerprint density at radius 3 is 2.16 bits per heavy atom. The minimum atomic E-state index is 0.0979. The number of rotatable bonds is 3. The first kappa shape index (κ1) is 17.9. The van der Waals surface area contributed by atoms with E-state index in [1.165, 1.54) is 0 Å². The first-order valence-electron chi connectivity index (χ1n) is 8.20. The Labute approximate surface area is 161 Å². The van der Waals surface area contributed by atoms with Crippen molar-refractivity contribution in [3.63, 3.8) is 0 Å². The van der Waals surface area contributed by atoms with Crippen molar-refractivity contribution in [3.05, 3.63) is 58.6 Å². The predicted molar refractivity (Wildman–Crippen MR) is 111 cm³/mol. The first-order valence-corrected chi connectivity index (χ1v) is 9.40. The molecule has 130 valence electrons. The average molecular weight is 418 g/mol. The molecule has 3 rings (SSSR count). The summed E-state index contributed by atoms with van der Waals surface area (Å²) in [5, 5.41) is 4.05. The van der Waals surface area contributed by atoms with Gasteiger partial charge in [0.05, 0.1) is 0 Å². The molecule has 1 N–H and O–H groups in total. The van der Waals surface area contributed by atoms with Crippen LogP contribution in [-0.4, -0.2) is 42.0 Å². The van der Waals surface area contributed by atoms with Gasteiger partial charge in [-0.2, -0.15) is 0 Å². The summed E-state index contributed by atoms with van der Waals surface area (Å²) in [7, 11) is 0. The standard InChI is InChI=1S/C19H20BrN3OS/c1-14(24)15-2-8-18(9-3-15)22-10-12-23(13-11-22)19(25)21-17-6-4-16(20)5-7-17/h2-9H,10-13H2,1H3,(H,21,25). The monoisotopic (exact) mass is 417 g/mol. The van der Waals surface area contributed by atoms with E-state index >= 15 is 0 Å². The summed E-state index contributed by atoms with van der Waals surface area (Å²) in [5.41, 5.74) is 2.90. The molecule has 0 aromatic heterocycles. The predicted octanol–water partition coefficient (Wildman–Crippen LogP) is 4.17. The largest absolute Gasteiger partial charge is 0.368 e. The van der Waals surface area contributed by atoms with Crippen molar-refractivity contribution in [1.82, 2.24) is 4.90 Å². The molecule has 6 heteroatoms. The summed E-state index contributed by atoms with van der Waals surface area (Å²) in [6.45, 7) is 5.14. The number of carbonyl (C=O) groups is 1. The molecule has 0 atom stereocenters. The van der Waals surface area contributed by atoms with Gasteiger partial charge in [-0.05, 0) is 67.7 Å². The number of anilines is 2. The van der Waals surface area contributed by atoms with E-state index in [1.54, 1.807) is 6.92 Å². The lowest BCUT2D eigenvalue weighted by atomic mass is 10.1. The molecule has 2 aromatic rings. The van der Waals surface area contributed by atoms with Crippen molar-refractivity contribution in [2.45, 2.75) is 6.92 Å². The highest BCUT2D eigenvalue weighted by molar-refractivity contribution is 9.10. The number of nitrogens with zero attached hydrogens (tertiary/aromatic N) is 2. The number of carbonyl (C=O) groups excluding carboxylic acids is 1. The number of piperazine rings is 1. The highest BCUT2D eigenvalue weighted by atomic mass is 79.9. The highest BCUT2D eigenvalue weighted by Crippen LogP contribution is 2.19. The van der Waals surface area contributed by atoms with Gasteiger partial charge in [-0.3, -0.25) is 4.79 Å². The van der Waals surface area contributed by atoms with Crippen molar-refractivity contribution in [3.8, 4) is 0 Å². The van der Waals surface area contributed by atoms with Gasteiger partial charge in [0.2, 0.25) is 0 Å². The Morgan fingerprint density at radius 2 is 1.60 bits per heavy atom. The van der Waals surface area contributed by atoms with Gasteiger partial charge in [0.1, 0.15) is 0 Å². The van der Waals surface area contributed by atoms with Crippen molar-refractivity contribution < 1.29 is 4.79 Å². The van der Waals surface area contributed by atoms with Crippen LogP contribution in [0.15, 0.2) is 53.0 Å². The normalized spacial score (nSPS) is 14.3. The quantitative estimate of drug-likeness (QED) is 0.598. The summed E-state index contributed by atoms with van der Waals surface area (Å²) in [4.78, 5) is 15.9. The van der Waals surface area contributed by atoms with Gasteiger partial charge in [-0.25, -0.2) is 0 Å². The Hall–Kier alpha value is -1.92. The molecule has 1 heterocycles. The second-order valence-electron chi connectivity index (χ2n) is 6.01. The number of halogens is 1. The molecular formula is C19H20BrN3OS. The molecule has 2 aromatic carbocycles. The van der Waals surface area contributed by atoms with Crippen LogP contribution in [0.2, 0.25) is 0 Å². The number of Topliss-reactive ketones (excluding diaryl/α,β-unsaturated/α-hetero) is 1. The highest BCUT2D eigenvalue weighted by Gasteiger charge is 2.19. The van der Waals surface area contributed by atoms with E-state index in [0.29, 0.717) is 0 Å². The lowest BCUT2D eigenvalue weighted by Crippen LogP contribution is -2.50. The molecular weight excluding hydrogens is 398 g/mol. The van der Waals surface area contributed by atoms with E-state index in [4.69, 9.17) is 12.2 Å². The number of hydrogen-bond donors (Lipinski definition) is 1. The second kappa shape index (κ2) is 7.97. The fraction of sp³-hybridized carbons (Fsp3) is 0.263. The molecule has 0 aliphatic carbocycles. The van der Waals surface area contributed by atoms with Crippen LogP contribution in [0.4, 0.5) is 11.4 Å². The number of hydrogen-bond acceptors (Lipinski definition) is 3. The zero-order valence-electron chi connectivity index (χ0n) is 14.0. The lowest BCUT2D eigenvalue weighted by molar-refractivity contribution is 0.101. The van der Waals surface area contributed by atoms with Crippen LogP contribution in [0.1, 0.15) is 17.3 Å². The van der Waals surface area contributed by atoms with Gasteiger partial charge in [-0.1, -0.05) is 15.9 Å². The van der Waals surface area contributed by atoms with E-state index in [9.17, 15) is 4.79 Å². The van der Waals surface area contributed by atoms with E-state index < -0.39 is 0 Å². The molecule has 0 radical (unpaired) electrons. The van der Waals surface area contributed by atoms with Crippen molar-refractivity contribution in [1.29, 1.82) is 0 Å². The molecule has 0 spiro atoms. The second-order valence-corrected chi connectivity index (χ2v) is 7.32. The summed E-state index contributed by atoms with van der Waals surface area (Å²) >= 11 is 8.97. The third-order valence-corrected chi connectivity index (χ3v) is 5.19. The zero-order valence-corrected chi connectivity index (χ0v) is 16.4. The van der Waals surface area contributed by atoms with Crippen LogP contribution >= 0.6 is 28.1 Å². The van der Waals surface area contributed by atoms with Crippen LogP contribution in [-0.2, 0) is 0 Å². The molecule has 1 saturated heterocycles. The fourth-order valence-corrected chi connectivity index (χ4v) is 3.38. The van der Waals surface area contributed by atoms with Crippen LogP contribution < -0.4 is 10.2 Å². The van der Waals surface area contributed by atoms with Gasteiger partial charge in [0.15, 0.2) is 10.9 Å². The van der Waals surface area contributed by atoms with Gasteiger partial charge in [0, 0.05) is 47.6 Å². The minimum Gasteiger partial charge on any atom is -0.368 e. The summed E-state index contributed by atoms with van der Waals surface area (Å²) in [6, 6.07) is 15.8. The maximum atomic E-state index is 11.4. The number of benzene rings is 2. The molecule has 0 amide bonds. The van der Waals surface area contributed by atoms with Gasteiger partial charge in [-0.15, -0.1) is 0 Å². The maximum absolute atomic E-state index is 11.4. The van der Waals surface area contributed by atoms with E-state index in [0.717, 1.165) is 52.7 Å². The molecule has 1 aliphatic rings. The molecule has 1 aliphatic heterocycles. The number of nitrogens with one attached hydrogen (secondary N) is 1. The third-order valence-electron chi connectivity index (χ3n) is 4.30. The van der Waals surface area contributed by atoms with Crippen LogP contribution in [0.3, 0.4) is 0 Å². The number of ketones is 1. The molecule has 0 bridgehead atoms. The van der Waals surface area contributed by atoms with Crippen LogP contribution in [0, 0.1) is 0 Å². The van der Waals surface area contributed by atoms with Crippen molar-refractivity contribution >= 4 is 50.4 Å². The maximum Gasteiger partial charge on any atom is 0.173 e. The van der Waals surface area contributed by atoms with E-state index in [1.807, 2.05) is 48.5 Å². The van der Waals surface area contributed by atoms with Crippen molar-refractivity contribution in [2.24, 2.45) is 0 Å². The molecule has 25 heavy (non-hydrogen) atoms. The first-order chi connectivity index (χ1) is 12.0. The van der Waals surface area contributed by atoms with E-state index in [-0.39, 0.29) is 5.78 Å². The number of thiocarbonyl (C=S) groups is 1. The SMILES string of the molecule is CC(=O)c1ccc(N2CCN(C(=S)Nc3ccc(Br)cc3)CC2)cc1. The topological polar surface area (TPSA) is 35.6 Å². The Morgan fingerprint density at radius 1 is 1.00 bits per heavy atom. The Balaban J connectivity index is 1.55. The van der Waals surface area contributed by atoms with Crippen LogP contribution in [0.5, 0.6) is 0 Å². The summed E-state index contributed by atoms with van der Waals surface area (Å²) in [6.07, 6.45) is 0.